The summed E-state index contributed by atoms with van der Waals surface area (Å²) < 4.78 is 0. The molecule has 1 atom stereocenters. The highest BCUT2D eigenvalue weighted by atomic mass is 16.2. The maximum Gasteiger partial charge on any atom is 0.244 e. The highest BCUT2D eigenvalue weighted by molar-refractivity contribution is 5.84. The Morgan fingerprint density at radius 3 is 2.53 bits per heavy atom. The van der Waals surface area contributed by atoms with E-state index in [1.807, 2.05) is 24.0 Å². The van der Waals surface area contributed by atoms with Crippen molar-refractivity contribution in [1.82, 2.24) is 4.90 Å². The quantitative estimate of drug-likeness (QED) is 0.905. The van der Waals surface area contributed by atoms with Gasteiger partial charge in [0.15, 0.2) is 0 Å². The summed E-state index contributed by atoms with van der Waals surface area (Å²) in [4.78, 5) is 14.4. The van der Waals surface area contributed by atoms with Gasteiger partial charge in [-0.3, -0.25) is 4.79 Å². The molecule has 1 aromatic rings. The van der Waals surface area contributed by atoms with Crippen molar-refractivity contribution in [3.63, 3.8) is 0 Å². The molecule has 1 saturated heterocycles. The van der Waals surface area contributed by atoms with Crippen LogP contribution in [0.15, 0.2) is 24.3 Å². The first-order chi connectivity index (χ1) is 9.16. The first kappa shape index (κ1) is 13.9. The van der Waals surface area contributed by atoms with Crippen LogP contribution in [0, 0.1) is 6.92 Å². The standard InChI is InChI=1S/C16H24N2O/c1-13-8-7-9-15(12-13)17-14(2)16(19)18-10-5-3-4-6-11-18/h7-9,12,14,17H,3-6,10-11H2,1-2H3. The van der Waals surface area contributed by atoms with Crippen molar-refractivity contribution in [2.45, 2.75) is 45.6 Å². The molecule has 3 heteroatoms. The Kier molecular flexibility index (Phi) is 4.83. The second kappa shape index (κ2) is 6.60. The van der Waals surface area contributed by atoms with Crippen molar-refractivity contribution in [2.24, 2.45) is 0 Å². The van der Waals surface area contributed by atoms with Crippen molar-refractivity contribution in [3.05, 3.63) is 29.8 Å². The molecule has 1 unspecified atom stereocenters. The molecule has 0 bridgehead atoms. The Bertz CT molecular complexity index is 423. The number of nitrogens with one attached hydrogen (secondary N) is 1. The van der Waals surface area contributed by atoms with Crippen LogP contribution in [-0.2, 0) is 4.79 Å². The highest BCUT2D eigenvalue weighted by Gasteiger charge is 2.21. The van der Waals surface area contributed by atoms with Gasteiger partial charge in [0.25, 0.3) is 0 Å². The van der Waals surface area contributed by atoms with Gasteiger partial charge in [-0.05, 0) is 44.4 Å². The normalized spacial score (nSPS) is 17.7. The Morgan fingerprint density at radius 2 is 1.89 bits per heavy atom. The number of likely N-dealkylation sites (tertiary alicyclic amines) is 1. The predicted octanol–water partition coefficient (Wildman–Crippen LogP) is 3.20. The summed E-state index contributed by atoms with van der Waals surface area (Å²) in [6, 6.07) is 8.01. The third-order valence-electron chi connectivity index (χ3n) is 3.69. The Morgan fingerprint density at radius 1 is 1.21 bits per heavy atom. The molecule has 1 N–H and O–H groups in total. The van der Waals surface area contributed by atoms with E-state index in [-0.39, 0.29) is 11.9 Å². The third-order valence-corrected chi connectivity index (χ3v) is 3.69. The molecule has 1 aliphatic rings. The van der Waals surface area contributed by atoms with E-state index in [0.717, 1.165) is 31.6 Å². The topological polar surface area (TPSA) is 32.3 Å². The fourth-order valence-electron chi connectivity index (χ4n) is 2.61. The SMILES string of the molecule is Cc1cccc(NC(C)C(=O)N2CCCCCC2)c1. The van der Waals surface area contributed by atoms with Gasteiger partial charge in [0.1, 0.15) is 6.04 Å². The van der Waals surface area contributed by atoms with Crippen molar-refractivity contribution in [1.29, 1.82) is 0 Å². The number of rotatable bonds is 3. The molecule has 104 valence electrons. The van der Waals surface area contributed by atoms with Gasteiger partial charge < -0.3 is 10.2 Å². The number of benzene rings is 1. The second-order valence-corrected chi connectivity index (χ2v) is 5.48. The summed E-state index contributed by atoms with van der Waals surface area (Å²) in [7, 11) is 0. The molecule has 1 aliphatic heterocycles. The minimum atomic E-state index is -0.153. The van der Waals surface area contributed by atoms with Gasteiger partial charge in [0.05, 0.1) is 0 Å². The van der Waals surface area contributed by atoms with Gasteiger partial charge in [-0.25, -0.2) is 0 Å². The lowest BCUT2D eigenvalue weighted by Gasteiger charge is -2.25. The number of carbonyl (C=O) groups excluding carboxylic acids is 1. The molecule has 0 spiro atoms. The van der Waals surface area contributed by atoms with Gasteiger partial charge in [-0.15, -0.1) is 0 Å². The summed E-state index contributed by atoms with van der Waals surface area (Å²) in [5.41, 5.74) is 2.23. The van der Waals surface area contributed by atoms with Crippen LogP contribution < -0.4 is 5.32 Å². The lowest BCUT2D eigenvalue weighted by molar-refractivity contribution is -0.131. The monoisotopic (exact) mass is 260 g/mol. The van der Waals surface area contributed by atoms with E-state index in [1.165, 1.54) is 18.4 Å². The molecule has 0 saturated carbocycles. The Hall–Kier alpha value is -1.51. The molecule has 0 aromatic heterocycles. The second-order valence-electron chi connectivity index (χ2n) is 5.48. The van der Waals surface area contributed by atoms with Gasteiger partial charge in [0.2, 0.25) is 5.91 Å². The largest absolute Gasteiger partial charge is 0.374 e. The molecular formula is C16H24N2O. The lowest BCUT2D eigenvalue weighted by Crippen LogP contribution is -2.41. The van der Waals surface area contributed by atoms with E-state index in [9.17, 15) is 4.79 Å². The van der Waals surface area contributed by atoms with E-state index < -0.39 is 0 Å². The van der Waals surface area contributed by atoms with Crippen molar-refractivity contribution < 1.29 is 4.79 Å². The van der Waals surface area contributed by atoms with E-state index >= 15 is 0 Å². The van der Waals surface area contributed by atoms with Crippen LogP contribution in [0.2, 0.25) is 0 Å². The number of hydrogen-bond acceptors (Lipinski definition) is 2. The molecule has 0 aliphatic carbocycles. The van der Waals surface area contributed by atoms with Crippen LogP contribution in [0.1, 0.15) is 38.2 Å². The van der Waals surface area contributed by atoms with Crippen LogP contribution in [0.5, 0.6) is 0 Å². The van der Waals surface area contributed by atoms with Crippen LogP contribution >= 0.6 is 0 Å². The van der Waals surface area contributed by atoms with Crippen LogP contribution in [0.4, 0.5) is 5.69 Å². The zero-order valence-corrected chi connectivity index (χ0v) is 12.0. The highest BCUT2D eigenvalue weighted by Crippen LogP contribution is 2.14. The lowest BCUT2D eigenvalue weighted by atomic mass is 10.2. The van der Waals surface area contributed by atoms with Crippen LogP contribution in [0.3, 0.4) is 0 Å². The fourth-order valence-corrected chi connectivity index (χ4v) is 2.61. The van der Waals surface area contributed by atoms with Gasteiger partial charge in [-0.1, -0.05) is 25.0 Å². The first-order valence-corrected chi connectivity index (χ1v) is 7.29. The predicted molar refractivity (Wildman–Crippen MR) is 79.3 cm³/mol. The maximum atomic E-state index is 12.4. The van der Waals surface area contributed by atoms with E-state index in [1.54, 1.807) is 0 Å². The van der Waals surface area contributed by atoms with Gasteiger partial charge >= 0.3 is 0 Å². The average Bonchev–Trinajstić information content (AvgIpc) is 2.66. The molecule has 2 rings (SSSR count). The van der Waals surface area contributed by atoms with Crippen molar-refractivity contribution in [2.75, 3.05) is 18.4 Å². The van der Waals surface area contributed by atoms with Crippen molar-refractivity contribution in [3.8, 4) is 0 Å². The minimum absolute atomic E-state index is 0.153. The molecular weight excluding hydrogens is 236 g/mol. The van der Waals surface area contributed by atoms with Crippen LogP contribution in [0.25, 0.3) is 0 Å². The first-order valence-electron chi connectivity index (χ1n) is 7.29. The number of amides is 1. The number of anilines is 1. The van der Waals surface area contributed by atoms with Crippen molar-refractivity contribution >= 4 is 11.6 Å². The van der Waals surface area contributed by atoms with E-state index in [2.05, 4.69) is 24.4 Å². The van der Waals surface area contributed by atoms with E-state index in [4.69, 9.17) is 0 Å². The van der Waals surface area contributed by atoms with E-state index in [0.29, 0.717) is 0 Å². The smallest absolute Gasteiger partial charge is 0.244 e. The summed E-state index contributed by atoms with van der Waals surface area (Å²) in [6.07, 6.45) is 4.79. The zero-order chi connectivity index (χ0) is 13.7. The van der Waals surface area contributed by atoms with Crippen LogP contribution in [-0.4, -0.2) is 29.9 Å². The molecule has 0 radical (unpaired) electrons. The fraction of sp³-hybridized carbons (Fsp3) is 0.562. The Labute approximate surface area is 116 Å². The molecule has 19 heavy (non-hydrogen) atoms. The molecule has 3 nitrogen and oxygen atoms in total. The number of hydrogen-bond donors (Lipinski definition) is 1. The number of carbonyl (C=O) groups is 1. The molecule has 1 aromatic carbocycles. The summed E-state index contributed by atoms with van der Waals surface area (Å²) in [5.74, 6) is 0.225. The van der Waals surface area contributed by atoms with Gasteiger partial charge in [0, 0.05) is 18.8 Å². The minimum Gasteiger partial charge on any atom is -0.374 e. The molecule has 1 heterocycles. The average molecular weight is 260 g/mol. The zero-order valence-electron chi connectivity index (χ0n) is 12.0. The summed E-state index contributed by atoms with van der Waals surface area (Å²) in [5, 5.41) is 3.31. The molecule has 1 fully saturated rings. The summed E-state index contributed by atoms with van der Waals surface area (Å²) in [6.45, 7) is 5.85. The Balaban J connectivity index is 1.94. The number of nitrogens with zero attached hydrogens (tertiary/aromatic N) is 1. The maximum absolute atomic E-state index is 12.4. The molecule has 1 amide bonds. The third kappa shape index (κ3) is 3.98. The summed E-state index contributed by atoms with van der Waals surface area (Å²) >= 11 is 0. The van der Waals surface area contributed by atoms with Gasteiger partial charge in [-0.2, -0.15) is 0 Å². The number of aryl methyl sites for hydroxylation is 1.